The van der Waals surface area contributed by atoms with Crippen LogP contribution in [0.5, 0.6) is 0 Å². The Morgan fingerprint density at radius 1 is 1.00 bits per heavy atom. The Balaban J connectivity index is 0.000000472. The second kappa shape index (κ2) is 12.0. The molecule has 6 rings (SSSR count). The molecule has 0 atom stereocenters. The van der Waals surface area contributed by atoms with Gasteiger partial charge in [-0.1, -0.05) is 0 Å². The normalized spacial score (nSPS) is 14.3. The number of fused-ring (bicyclic) bond motifs is 2. The van der Waals surface area contributed by atoms with E-state index in [0.29, 0.717) is 34.4 Å². The predicted molar refractivity (Wildman–Crippen MR) is 147 cm³/mol. The highest BCUT2D eigenvalue weighted by Gasteiger charge is 2.38. The molecule has 4 heterocycles. The van der Waals surface area contributed by atoms with E-state index in [-0.39, 0.29) is 11.6 Å². The Labute approximate surface area is 240 Å². The molecular formula is C28H27F5N6O4. The first-order valence-corrected chi connectivity index (χ1v) is 13.3. The molecule has 15 heteroatoms. The molecule has 0 amide bonds. The second-order valence-corrected chi connectivity index (χ2v) is 9.98. The highest BCUT2D eigenvalue weighted by Crippen LogP contribution is 2.33. The molecule has 2 aromatic carbocycles. The number of aromatic amines is 1. The molecule has 1 fully saturated rings. The smallest absolute Gasteiger partial charge is 0.475 e. The molecule has 0 unspecified atom stereocenters. The minimum absolute atomic E-state index is 0.341. The maximum Gasteiger partial charge on any atom is 0.490 e. The average molecular weight is 607 g/mol. The van der Waals surface area contributed by atoms with Crippen LogP contribution in [0.3, 0.4) is 0 Å². The third-order valence-corrected chi connectivity index (χ3v) is 7.15. The number of H-pyrrole nitrogens is 1. The first kappa shape index (κ1) is 30.0. The fraction of sp³-hybridized carbons (Fsp3) is 0.321. The van der Waals surface area contributed by atoms with Gasteiger partial charge >= 0.3 is 17.8 Å². The molecule has 0 spiro atoms. The van der Waals surface area contributed by atoms with Gasteiger partial charge < -0.3 is 19.0 Å². The summed E-state index contributed by atoms with van der Waals surface area (Å²) in [5, 5.41) is 15.2. The van der Waals surface area contributed by atoms with Gasteiger partial charge in [0.25, 0.3) is 0 Å². The SMILES string of the molecule is Cn1cc(-c2n[nH]c(=O)n2-c2cn(CCCN3CCOCC3)c3ccc(F)cc23)c2cc(F)ccc21.O=C(O)C(F)(F)F. The molecule has 5 aromatic rings. The highest BCUT2D eigenvalue weighted by molar-refractivity contribution is 5.96. The average Bonchev–Trinajstić information content (AvgIpc) is 3.61. The summed E-state index contributed by atoms with van der Waals surface area (Å²) >= 11 is 0. The van der Waals surface area contributed by atoms with Crippen LogP contribution >= 0.6 is 0 Å². The zero-order valence-electron chi connectivity index (χ0n) is 22.9. The van der Waals surface area contributed by atoms with Crippen LogP contribution in [0.4, 0.5) is 22.0 Å². The zero-order valence-corrected chi connectivity index (χ0v) is 22.9. The Morgan fingerprint density at radius 3 is 2.28 bits per heavy atom. The van der Waals surface area contributed by atoms with E-state index in [0.717, 1.165) is 50.3 Å². The fourth-order valence-electron chi connectivity index (χ4n) is 5.15. The van der Waals surface area contributed by atoms with E-state index >= 15 is 0 Å². The first-order valence-electron chi connectivity index (χ1n) is 13.3. The number of aliphatic carboxylic acids is 1. The lowest BCUT2D eigenvalue weighted by molar-refractivity contribution is -0.192. The summed E-state index contributed by atoms with van der Waals surface area (Å²) < 4.78 is 71.0. The predicted octanol–water partition coefficient (Wildman–Crippen LogP) is 4.31. The van der Waals surface area contributed by atoms with Crippen LogP contribution in [-0.4, -0.2) is 78.9 Å². The Hall–Kier alpha value is -4.50. The standard InChI is InChI=1S/C26H26F2N6O2.C2HF3O2/c1-31-15-21(19-13-17(27)3-5-22(19)31)25-29-30-26(35)34(25)24-16-33(23-6-4-18(28)14-20(23)24)8-2-7-32-9-11-36-12-10-32;3-2(4,5)1(6)7/h3-6,13-16H,2,7-12H2,1H3,(H,30,35);(H,6,7). The van der Waals surface area contributed by atoms with E-state index in [1.54, 1.807) is 12.1 Å². The number of hydrogen-bond acceptors (Lipinski definition) is 5. The van der Waals surface area contributed by atoms with E-state index in [9.17, 15) is 26.7 Å². The molecule has 3 aromatic heterocycles. The number of nitrogens with zero attached hydrogens (tertiary/aromatic N) is 5. The van der Waals surface area contributed by atoms with E-state index in [1.807, 2.05) is 24.0 Å². The number of aromatic nitrogens is 5. The lowest BCUT2D eigenvalue weighted by Gasteiger charge is -2.26. The van der Waals surface area contributed by atoms with Crippen molar-refractivity contribution in [2.45, 2.75) is 19.1 Å². The fourth-order valence-corrected chi connectivity index (χ4v) is 5.15. The number of benzene rings is 2. The van der Waals surface area contributed by atoms with Crippen molar-refractivity contribution in [2.24, 2.45) is 7.05 Å². The number of hydrogen-bond donors (Lipinski definition) is 2. The zero-order chi connectivity index (χ0) is 30.9. The summed E-state index contributed by atoms with van der Waals surface area (Å²) in [4.78, 5) is 24.3. The molecule has 1 aliphatic heterocycles. The number of morpholine rings is 1. The molecule has 1 aliphatic rings. The molecule has 43 heavy (non-hydrogen) atoms. The Bertz CT molecular complexity index is 1830. The lowest BCUT2D eigenvalue weighted by atomic mass is 10.1. The summed E-state index contributed by atoms with van der Waals surface area (Å²) in [5.74, 6) is -3.18. The Morgan fingerprint density at radius 2 is 1.63 bits per heavy atom. The van der Waals surface area contributed by atoms with Crippen LogP contribution in [0.25, 0.3) is 38.9 Å². The van der Waals surface area contributed by atoms with Gasteiger partial charge in [0, 0.05) is 67.5 Å². The van der Waals surface area contributed by atoms with Crippen LogP contribution in [-0.2, 0) is 23.1 Å². The number of ether oxygens (including phenoxy) is 1. The maximum absolute atomic E-state index is 14.4. The van der Waals surface area contributed by atoms with Crippen molar-refractivity contribution in [3.63, 3.8) is 0 Å². The van der Waals surface area contributed by atoms with Gasteiger partial charge in [0.2, 0.25) is 0 Å². The molecule has 0 bridgehead atoms. The number of halogens is 5. The van der Waals surface area contributed by atoms with Gasteiger partial charge in [0.15, 0.2) is 5.82 Å². The number of carboxylic acids is 1. The third-order valence-electron chi connectivity index (χ3n) is 7.15. The third kappa shape index (κ3) is 6.32. The molecule has 2 N–H and O–H groups in total. The number of carbonyl (C=O) groups is 1. The summed E-state index contributed by atoms with van der Waals surface area (Å²) in [6.45, 7) is 4.98. The second-order valence-electron chi connectivity index (χ2n) is 9.98. The van der Waals surface area contributed by atoms with Crippen LogP contribution in [0.2, 0.25) is 0 Å². The minimum atomic E-state index is -5.08. The minimum Gasteiger partial charge on any atom is -0.475 e. The van der Waals surface area contributed by atoms with Crippen molar-refractivity contribution in [2.75, 3.05) is 32.8 Å². The molecule has 0 aliphatic carbocycles. The van der Waals surface area contributed by atoms with Crippen molar-refractivity contribution < 1.29 is 36.6 Å². The van der Waals surface area contributed by atoms with Crippen LogP contribution < -0.4 is 5.69 Å². The quantitative estimate of drug-likeness (QED) is 0.279. The van der Waals surface area contributed by atoms with Crippen molar-refractivity contribution in [3.05, 3.63) is 70.9 Å². The maximum atomic E-state index is 14.4. The molecule has 0 saturated carbocycles. The van der Waals surface area contributed by atoms with Gasteiger partial charge in [-0.15, -0.1) is 0 Å². The topological polar surface area (TPSA) is 110 Å². The van der Waals surface area contributed by atoms with Crippen molar-refractivity contribution in [3.8, 4) is 17.1 Å². The molecule has 228 valence electrons. The summed E-state index contributed by atoms with van der Waals surface area (Å²) in [6.07, 6.45) is -0.496. The van der Waals surface area contributed by atoms with Crippen molar-refractivity contribution in [1.29, 1.82) is 0 Å². The summed E-state index contributed by atoms with van der Waals surface area (Å²) in [7, 11) is 1.86. The van der Waals surface area contributed by atoms with Crippen LogP contribution in [0.15, 0.2) is 53.6 Å². The van der Waals surface area contributed by atoms with Crippen molar-refractivity contribution in [1.82, 2.24) is 28.8 Å². The largest absolute Gasteiger partial charge is 0.490 e. The number of carboxylic acid groups (broad SMARTS) is 1. The van der Waals surface area contributed by atoms with Crippen molar-refractivity contribution >= 4 is 27.8 Å². The van der Waals surface area contributed by atoms with Gasteiger partial charge in [0.1, 0.15) is 11.6 Å². The van der Waals surface area contributed by atoms with Gasteiger partial charge in [-0.05, 0) is 42.8 Å². The summed E-state index contributed by atoms with van der Waals surface area (Å²) in [5.41, 5.74) is 2.32. The first-order chi connectivity index (χ1) is 20.4. The van der Waals surface area contributed by atoms with Gasteiger partial charge in [-0.2, -0.15) is 18.3 Å². The van der Waals surface area contributed by atoms with Gasteiger partial charge in [-0.25, -0.2) is 28.0 Å². The summed E-state index contributed by atoms with van der Waals surface area (Å²) in [6, 6.07) is 9.13. The number of aryl methyl sites for hydroxylation is 2. The molecular weight excluding hydrogens is 579 g/mol. The molecule has 1 saturated heterocycles. The monoisotopic (exact) mass is 606 g/mol. The van der Waals surface area contributed by atoms with E-state index in [1.165, 1.54) is 28.8 Å². The van der Waals surface area contributed by atoms with Gasteiger partial charge in [0.05, 0.1) is 24.4 Å². The van der Waals surface area contributed by atoms with Gasteiger partial charge in [-0.3, -0.25) is 4.90 Å². The van der Waals surface area contributed by atoms with Crippen LogP contribution in [0.1, 0.15) is 6.42 Å². The van der Waals surface area contributed by atoms with Crippen LogP contribution in [0, 0.1) is 11.6 Å². The molecule has 10 nitrogen and oxygen atoms in total. The van der Waals surface area contributed by atoms with E-state index in [4.69, 9.17) is 14.6 Å². The molecule has 0 radical (unpaired) electrons. The number of alkyl halides is 3. The lowest BCUT2D eigenvalue weighted by Crippen LogP contribution is -2.37. The Kier molecular flexibility index (Phi) is 8.37. The highest BCUT2D eigenvalue weighted by atomic mass is 19.4. The van der Waals surface area contributed by atoms with E-state index < -0.39 is 17.8 Å². The number of nitrogens with one attached hydrogen (secondary N) is 1. The number of rotatable bonds is 6. The van der Waals surface area contributed by atoms with E-state index in [2.05, 4.69) is 19.7 Å².